The van der Waals surface area contributed by atoms with Gasteiger partial charge in [-0.05, 0) is 24.6 Å². The van der Waals surface area contributed by atoms with E-state index in [1.165, 1.54) is 19.2 Å². The maximum Gasteiger partial charge on any atom is 0.126 e. The van der Waals surface area contributed by atoms with Crippen LogP contribution in [0.15, 0.2) is 12.1 Å². The summed E-state index contributed by atoms with van der Waals surface area (Å²) in [5.41, 5.74) is 0.723. The van der Waals surface area contributed by atoms with Gasteiger partial charge in [-0.3, -0.25) is 0 Å². The summed E-state index contributed by atoms with van der Waals surface area (Å²) in [5.74, 6) is -0.0812. The number of aliphatic hydroxyl groups is 3. The van der Waals surface area contributed by atoms with E-state index >= 15 is 0 Å². The summed E-state index contributed by atoms with van der Waals surface area (Å²) in [6.45, 7) is 1.17. The molecule has 0 aromatic heterocycles. The van der Waals surface area contributed by atoms with E-state index in [0.717, 1.165) is 0 Å². The topological polar surface area (TPSA) is 79.2 Å². The Morgan fingerprint density at radius 3 is 2.53 bits per heavy atom. The molecule has 1 aliphatic rings. The van der Waals surface area contributed by atoms with Crippen LogP contribution in [0.25, 0.3) is 0 Å². The van der Waals surface area contributed by atoms with Crippen molar-refractivity contribution in [2.45, 2.75) is 31.3 Å². The van der Waals surface area contributed by atoms with Crippen LogP contribution in [0.1, 0.15) is 17.2 Å². The maximum absolute atomic E-state index is 13.6. The van der Waals surface area contributed by atoms with Gasteiger partial charge in [-0.1, -0.05) is 0 Å². The van der Waals surface area contributed by atoms with E-state index in [4.69, 9.17) is 14.6 Å². The zero-order valence-electron chi connectivity index (χ0n) is 10.7. The summed E-state index contributed by atoms with van der Waals surface area (Å²) in [5, 5.41) is 28.7. The van der Waals surface area contributed by atoms with Gasteiger partial charge in [-0.15, -0.1) is 0 Å². The van der Waals surface area contributed by atoms with Crippen molar-refractivity contribution in [3.63, 3.8) is 0 Å². The molecule has 0 unspecified atom stereocenters. The van der Waals surface area contributed by atoms with E-state index in [9.17, 15) is 14.6 Å². The molecule has 19 heavy (non-hydrogen) atoms. The van der Waals surface area contributed by atoms with Gasteiger partial charge in [0.05, 0.1) is 13.7 Å². The summed E-state index contributed by atoms with van der Waals surface area (Å²) in [7, 11) is 1.43. The lowest BCUT2D eigenvalue weighted by Gasteiger charge is -2.18. The first-order valence-electron chi connectivity index (χ1n) is 5.96. The number of aliphatic hydroxyl groups excluding tert-OH is 3. The molecule has 106 valence electrons. The minimum Gasteiger partial charge on any atom is -0.496 e. The third-order valence-electron chi connectivity index (χ3n) is 3.36. The number of aryl methyl sites for hydroxylation is 1. The molecule has 1 aromatic rings. The highest BCUT2D eigenvalue weighted by molar-refractivity contribution is 5.40. The average Bonchev–Trinajstić information content (AvgIpc) is 2.69. The monoisotopic (exact) mass is 272 g/mol. The number of methoxy groups -OCH3 is 1. The molecular formula is C13H17FO5. The second-order valence-electron chi connectivity index (χ2n) is 4.60. The van der Waals surface area contributed by atoms with Crippen LogP contribution < -0.4 is 4.74 Å². The molecule has 0 radical (unpaired) electrons. The molecule has 0 aliphatic carbocycles. The van der Waals surface area contributed by atoms with Crippen LogP contribution in [0.4, 0.5) is 4.39 Å². The van der Waals surface area contributed by atoms with Crippen molar-refractivity contribution >= 4 is 0 Å². The Morgan fingerprint density at radius 2 is 2.00 bits per heavy atom. The fourth-order valence-corrected chi connectivity index (χ4v) is 2.23. The summed E-state index contributed by atoms with van der Waals surface area (Å²) >= 11 is 0. The van der Waals surface area contributed by atoms with Gasteiger partial charge in [0.25, 0.3) is 0 Å². The van der Waals surface area contributed by atoms with Crippen LogP contribution in [0.2, 0.25) is 0 Å². The summed E-state index contributed by atoms with van der Waals surface area (Å²) in [6, 6.07) is 2.72. The number of rotatable bonds is 3. The summed E-state index contributed by atoms with van der Waals surface area (Å²) in [4.78, 5) is 0. The van der Waals surface area contributed by atoms with Gasteiger partial charge < -0.3 is 24.8 Å². The molecule has 2 rings (SSSR count). The number of hydrogen-bond donors (Lipinski definition) is 3. The van der Waals surface area contributed by atoms with Gasteiger partial charge in [0.15, 0.2) is 0 Å². The molecule has 6 heteroatoms. The van der Waals surface area contributed by atoms with Crippen LogP contribution >= 0.6 is 0 Å². The highest BCUT2D eigenvalue weighted by Gasteiger charge is 2.44. The van der Waals surface area contributed by atoms with Crippen molar-refractivity contribution in [2.24, 2.45) is 0 Å². The third kappa shape index (κ3) is 2.44. The highest BCUT2D eigenvalue weighted by Crippen LogP contribution is 2.38. The zero-order chi connectivity index (χ0) is 14.2. The lowest BCUT2D eigenvalue weighted by Crippen LogP contribution is -2.32. The van der Waals surface area contributed by atoms with E-state index in [1.54, 1.807) is 6.92 Å². The lowest BCUT2D eigenvalue weighted by atomic mass is 9.99. The molecule has 4 atom stereocenters. The van der Waals surface area contributed by atoms with E-state index in [1.807, 2.05) is 0 Å². The number of benzene rings is 1. The van der Waals surface area contributed by atoms with Crippen LogP contribution in [-0.4, -0.2) is 47.3 Å². The number of hydrogen-bond acceptors (Lipinski definition) is 5. The first-order chi connectivity index (χ1) is 8.99. The van der Waals surface area contributed by atoms with Crippen molar-refractivity contribution < 1.29 is 29.2 Å². The Bertz CT molecular complexity index is 465. The van der Waals surface area contributed by atoms with E-state index < -0.39 is 36.8 Å². The zero-order valence-corrected chi connectivity index (χ0v) is 10.7. The lowest BCUT2D eigenvalue weighted by molar-refractivity contribution is -0.0233. The van der Waals surface area contributed by atoms with Gasteiger partial charge >= 0.3 is 0 Å². The highest BCUT2D eigenvalue weighted by atomic mass is 19.1. The molecule has 0 saturated carbocycles. The standard InChI is InChI=1S/C13H17FO5/c1-6-3-9(18-2)7(4-8(6)14)13-12(17)11(16)10(5-15)19-13/h3-4,10-13,15-17H,5H2,1-2H3/t10-,11+,12+,13+/m1/s1. The van der Waals surface area contributed by atoms with Crippen molar-refractivity contribution in [1.29, 1.82) is 0 Å². The molecule has 5 nitrogen and oxygen atoms in total. The predicted octanol–water partition coefficient (Wildman–Crippen LogP) is 0.297. The molecule has 0 amide bonds. The van der Waals surface area contributed by atoms with E-state index in [2.05, 4.69) is 0 Å². The predicted molar refractivity (Wildman–Crippen MR) is 64.4 cm³/mol. The fraction of sp³-hybridized carbons (Fsp3) is 0.538. The van der Waals surface area contributed by atoms with Gasteiger partial charge in [-0.25, -0.2) is 4.39 Å². The molecule has 1 heterocycles. The summed E-state index contributed by atoms with van der Waals surface area (Å²) < 4.78 is 24.2. The van der Waals surface area contributed by atoms with Crippen LogP contribution in [0.5, 0.6) is 5.75 Å². The van der Waals surface area contributed by atoms with Gasteiger partial charge in [0.2, 0.25) is 0 Å². The quantitative estimate of drug-likeness (QED) is 0.737. The number of halogens is 1. The maximum atomic E-state index is 13.6. The van der Waals surface area contributed by atoms with Crippen molar-refractivity contribution in [3.8, 4) is 5.75 Å². The smallest absolute Gasteiger partial charge is 0.126 e. The minimum absolute atomic E-state index is 0.313. The fourth-order valence-electron chi connectivity index (χ4n) is 2.23. The normalized spacial score (nSPS) is 30.6. The van der Waals surface area contributed by atoms with Gasteiger partial charge in [0.1, 0.15) is 36.0 Å². The Kier molecular flexibility index (Phi) is 4.05. The van der Waals surface area contributed by atoms with Gasteiger partial charge in [0, 0.05) is 5.56 Å². The molecule has 1 aromatic carbocycles. The molecule has 1 aliphatic heterocycles. The molecule has 1 fully saturated rings. The first kappa shape index (κ1) is 14.2. The van der Waals surface area contributed by atoms with Crippen LogP contribution in [0, 0.1) is 12.7 Å². The molecular weight excluding hydrogens is 255 g/mol. The molecule has 0 bridgehead atoms. The van der Waals surface area contributed by atoms with Crippen molar-refractivity contribution in [2.75, 3.05) is 13.7 Å². The second kappa shape index (κ2) is 5.42. The Morgan fingerprint density at radius 1 is 1.32 bits per heavy atom. The van der Waals surface area contributed by atoms with Crippen molar-refractivity contribution in [1.82, 2.24) is 0 Å². The van der Waals surface area contributed by atoms with Crippen LogP contribution in [0.3, 0.4) is 0 Å². The van der Waals surface area contributed by atoms with Crippen molar-refractivity contribution in [3.05, 3.63) is 29.1 Å². The Hall–Kier alpha value is -1.21. The number of ether oxygens (including phenoxy) is 2. The Labute approximate surface area is 110 Å². The molecule has 3 N–H and O–H groups in total. The second-order valence-corrected chi connectivity index (χ2v) is 4.60. The van der Waals surface area contributed by atoms with Crippen LogP contribution in [-0.2, 0) is 4.74 Å². The van der Waals surface area contributed by atoms with E-state index in [0.29, 0.717) is 16.9 Å². The SMILES string of the molecule is COc1cc(C)c(F)cc1[C@@H]1O[C@H](CO)[C@H](O)[C@@H]1O. The van der Waals surface area contributed by atoms with E-state index in [-0.39, 0.29) is 0 Å². The Balaban J connectivity index is 2.39. The largest absolute Gasteiger partial charge is 0.496 e. The average molecular weight is 272 g/mol. The third-order valence-corrected chi connectivity index (χ3v) is 3.36. The molecule has 0 spiro atoms. The van der Waals surface area contributed by atoms with Gasteiger partial charge in [-0.2, -0.15) is 0 Å². The summed E-state index contributed by atoms with van der Waals surface area (Å²) in [6.07, 6.45) is -4.29. The minimum atomic E-state index is -1.24. The first-order valence-corrected chi connectivity index (χ1v) is 5.96. The molecule has 1 saturated heterocycles.